The summed E-state index contributed by atoms with van der Waals surface area (Å²) in [4.78, 5) is 12.4. The number of H-pyrrole nitrogens is 1. The van der Waals surface area contributed by atoms with Crippen molar-refractivity contribution in [3.05, 3.63) is 30.1 Å². The first kappa shape index (κ1) is 11.7. The van der Waals surface area contributed by atoms with Gasteiger partial charge in [0.05, 0.1) is 11.1 Å². The third-order valence-corrected chi connectivity index (χ3v) is 4.14. The zero-order chi connectivity index (χ0) is 13.9. The lowest BCUT2D eigenvalue weighted by molar-refractivity contribution is -0.0331. The Morgan fingerprint density at radius 1 is 1.30 bits per heavy atom. The van der Waals surface area contributed by atoms with E-state index in [-0.39, 0.29) is 5.92 Å². The van der Waals surface area contributed by atoms with E-state index in [0.717, 1.165) is 40.6 Å². The van der Waals surface area contributed by atoms with E-state index in [1.807, 2.05) is 31.2 Å². The Morgan fingerprint density at radius 3 is 2.80 bits per heavy atom. The highest BCUT2D eigenvalue weighted by Crippen LogP contribution is 2.44. The Balaban J connectivity index is 1.90. The van der Waals surface area contributed by atoms with E-state index < -0.39 is 5.60 Å². The molecule has 0 unspecified atom stereocenters. The van der Waals surface area contributed by atoms with Gasteiger partial charge in [0.15, 0.2) is 0 Å². The predicted molar refractivity (Wildman–Crippen MR) is 78.4 cm³/mol. The van der Waals surface area contributed by atoms with Crippen LogP contribution in [0.1, 0.15) is 31.5 Å². The second kappa shape index (κ2) is 3.70. The molecule has 1 aromatic carbocycles. The average molecular weight is 268 g/mol. The number of nitrogens with two attached hydrogens (primary N) is 1. The predicted octanol–water partition coefficient (Wildman–Crippen LogP) is 2.32. The van der Waals surface area contributed by atoms with Gasteiger partial charge in [0, 0.05) is 11.3 Å². The standard InChI is InChI=1S/C15H16N4O/c1-15(20)6-8(7-15)14-18-11-9-4-2-3-5-10(9)17-13(16)12(11)19-14/h2-5,8,20H,6-7H2,1H3,(H2,16,17)(H,18,19). The van der Waals surface area contributed by atoms with Crippen molar-refractivity contribution in [2.24, 2.45) is 0 Å². The number of nitrogens with zero attached hydrogens (tertiary/aromatic N) is 2. The molecule has 0 atom stereocenters. The van der Waals surface area contributed by atoms with Gasteiger partial charge in [-0.2, -0.15) is 0 Å². The van der Waals surface area contributed by atoms with Crippen molar-refractivity contribution in [3.63, 3.8) is 0 Å². The van der Waals surface area contributed by atoms with Crippen molar-refractivity contribution < 1.29 is 5.11 Å². The fourth-order valence-corrected chi connectivity index (χ4v) is 3.12. The average Bonchev–Trinajstić information content (AvgIpc) is 2.81. The number of imidazole rings is 1. The van der Waals surface area contributed by atoms with Gasteiger partial charge in [-0.15, -0.1) is 0 Å². The number of hydrogen-bond acceptors (Lipinski definition) is 4. The number of aliphatic hydroxyl groups is 1. The largest absolute Gasteiger partial charge is 0.390 e. The summed E-state index contributed by atoms with van der Waals surface area (Å²) in [5.74, 6) is 1.65. The van der Waals surface area contributed by atoms with Gasteiger partial charge in [0.1, 0.15) is 22.7 Å². The van der Waals surface area contributed by atoms with Gasteiger partial charge in [-0.25, -0.2) is 9.97 Å². The second-order valence-electron chi connectivity index (χ2n) is 5.96. The molecule has 5 heteroatoms. The van der Waals surface area contributed by atoms with Crippen LogP contribution in [0.2, 0.25) is 0 Å². The van der Waals surface area contributed by atoms with Crippen LogP contribution in [0.15, 0.2) is 24.3 Å². The van der Waals surface area contributed by atoms with Crippen LogP contribution in [0, 0.1) is 0 Å². The van der Waals surface area contributed by atoms with E-state index in [1.165, 1.54) is 0 Å². The van der Waals surface area contributed by atoms with Gasteiger partial charge < -0.3 is 15.8 Å². The molecule has 3 aromatic rings. The van der Waals surface area contributed by atoms with Crippen LogP contribution in [-0.2, 0) is 0 Å². The molecule has 2 aromatic heterocycles. The molecular formula is C15H16N4O. The van der Waals surface area contributed by atoms with Crippen molar-refractivity contribution in [1.29, 1.82) is 0 Å². The summed E-state index contributed by atoms with van der Waals surface area (Å²) in [5, 5.41) is 10.9. The molecule has 1 fully saturated rings. The van der Waals surface area contributed by atoms with Gasteiger partial charge in [-0.3, -0.25) is 0 Å². The highest BCUT2D eigenvalue weighted by atomic mass is 16.3. The number of rotatable bonds is 1. The Morgan fingerprint density at radius 2 is 2.05 bits per heavy atom. The van der Waals surface area contributed by atoms with Crippen LogP contribution in [-0.4, -0.2) is 25.7 Å². The molecule has 0 bridgehead atoms. The molecule has 0 aliphatic heterocycles. The van der Waals surface area contributed by atoms with Crippen LogP contribution in [0.25, 0.3) is 21.9 Å². The number of aromatic amines is 1. The van der Waals surface area contributed by atoms with Gasteiger partial charge in [-0.1, -0.05) is 18.2 Å². The number of pyridine rings is 1. The number of nitrogens with one attached hydrogen (secondary N) is 1. The van der Waals surface area contributed by atoms with E-state index in [4.69, 9.17) is 10.7 Å². The third kappa shape index (κ3) is 1.59. The lowest BCUT2D eigenvalue weighted by Crippen LogP contribution is -2.39. The molecule has 1 aliphatic carbocycles. The minimum absolute atomic E-state index is 0.274. The Hall–Kier alpha value is -2.14. The topological polar surface area (TPSA) is 87.8 Å². The number of hydrogen-bond donors (Lipinski definition) is 3. The fraction of sp³-hybridized carbons (Fsp3) is 0.333. The lowest BCUT2D eigenvalue weighted by Gasteiger charge is -2.39. The molecule has 1 aliphatic rings. The summed E-state index contributed by atoms with van der Waals surface area (Å²) in [6.07, 6.45) is 1.47. The van der Waals surface area contributed by atoms with Gasteiger partial charge in [0.2, 0.25) is 0 Å². The second-order valence-corrected chi connectivity index (χ2v) is 5.96. The molecular weight excluding hydrogens is 252 g/mol. The SMILES string of the molecule is CC1(O)CC(c2nc3c([nH]2)c(N)nc2ccccc23)C1. The Labute approximate surface area is 115 Å². The number of benzene rings is 1. The monoisotopic (exact) mass is 268 g/mol. The third-order valence-electron chi connectivity index (χ3n) is 4.14. The molecule has 4 rings (SSSR count). The molecule has 2 heterocycles. The summed E-state index contributed by atoms with van der Waals surface area (Å²) in [6.45, 7) is 1.86. The molecule has 4 N–H and O–H groups in total. The quantitative estimate of drug-likeness (QED) is 0.632. The van der Waals surface area contributed by atoms with Crippen molar-refractivity contribution in [2.75, 3.05) is 5.73 Å². The molecule has 5 nitrogen and oxygen atoms in total. The molecule has 0 radical (unpaired) electrons. The normalized spacial score (nSPS) is 26.0. The lowest BCUT2D eigenvalue weighted by atomic mass is 9.72. The van der Waals surface area contributed by atoms with Crippen LogP contribution in [0.3, 0.4) is 0 Å². The summed E-state index contributed by atoms with van der Waals surface area (Å²) in [5.41, 5.74) is 7.98. The molecule has 102 valence electrons. The summed E-state index contributed by atoms with van der Waals surface area (Å²) in [7, 11) is 0. The highest BCUT2D eigenvalue weighted by Gasteiger charge is 2.40. The van der Waals surface area contributed by atoms with Crippen molar-refractivity contribution in [1.82, 2.24) is 15.0 Å². The maximum absolute atomic E-state index is 9.87. The molecule has 0 amide bonds. The molecule has 0 saturated heterocycles. The van der Waals surface area contributed by atoms with Gasteiger partial charge in [-0.05, 0) is 25.8 Å². The van der Waals surface area contributed by atoms with E-state index >= 15 is 0 Å². The molecule has 1 saturated carbocycles. The maximum atomic E-state index is 9.87. The number of fused-ring (bicyclic) bond motifs is 3. The number of anilines is 1. The zero-order valence-electron chi connectivity index (χ0n) is 11.2. The summed E-state index contributed by atoms with van der Waals surface area (Å²) >= 11 is 0. The first-order valence-electron chi connectivity index (χ1n) is 6.80. The van der Waals surface area contributed by atoms with Gasteiger partial charge >= 0.3 is 0 Å². The van der Waals surface area contributed by atoms with Crippen LogP contribution in [0.5, 0.6) is 0 Å². The molecule has 20 heavy (non-hydrogen) atoms. The highest BCUT2D eigenvalue weighted by molar-refractivity contribution is 6.06. The van der Waals surface area contributed by atoms with Crippen LogP contribution >= 0.6 is 0 Å². The maximum Gasteiger partial charge on any atom is 0.150 e. The van der Waals surface area contributed by atoms with Crippen molar-refractivity contribution in [2.45, 2.75) is 31.3 Å². The van der Waals surface area contributed by atoms with Crippen molar-refractivity contribution >= 4 is 27.8 Å². The fourth-order valence-electron chi connectivity index (χ4n) is 3.12. The smallest absolute Gasteiger partial charge is 0.150 e. The van der Waals surface area contributed by atoms with E-state index in [2.05, 4.69) is 9.97 Å². The minimum atomic E-state index is -0.560. The van der Waals surface area contributed by atoms with Crippen molar-refractivity contribution in [3.8, 4) is 0 Å². The summed E-state index contributed by atoms with van der Waals surface area (Å²) < 4.78 is 0. The van der Waals surface area contributed by atoms with E-state index in [1.54, 1.807) is 0 Å². The van der Waals surface area contributed by atoms with E-state index in [0.29, 0.717) is 5.82 Å². The first-order chi connectivity index (χ1) is 9.53. The Bertz CT molecular complexity index is 813. The first-order valence-corrected chi connectivity index (χ1v) is 6.80. The molecule has 0 spiro atoms. The van der Waals surface area contributed by atoms with E-state index in [9.17, 15) is 5.11 Å². The number of aromatic nitrogens is 3. The van der Waals surface area contributed by atoms with Crippen LogP contribution in [0.4, 0.5) is 5.82 Å². The van der Waals surface area contributed by atoms with Gasteiger partial charge in [0.25, 0.3) is 0 Å². The summed E-state index contributed by atoms with van der Waals surface area (Å²) in [6, 6.07) is 7.86. The number of para-hydroxylation sites is 1. The Kier molecular flexibility index (Phi) is 2.16. The van der Waals surface area contributed by atoms with Crippen LogP contribution < -0.4 is 5.73 Å². The number of nitrogen functional groups attached to an aromatic ring is 1. The zero-order valence-corrected chi connectivity index (χ0v) is 11.2. The minimum Gasteiger partial charge on any atom is -0.390 e.